The van der Waals surface area contributed by atoms with E-state index in [-0.39, 0.29) is 18.4 Å². The number of benzene rings is 2. The minimum atomic E-state index is -0.334. The minimum Gasteiger partial charge on any atom is -0.350 e. The molecule has 1 aliphatic rings. The Hall–Kier alpha value is -3.73. The molecular weight excluding hydrogens is 374 g/mol. The predicted octanol–water partition coefficient (Wildman–Crippen LogP) is 4.40. The minimum absolute atomic E-state index is 0.180. The zero-order chi connectivity index (χ0) is 21.3. The van der Waals surface area contributed by atoms with Gasteiger partial charge in [0.05, 0.1) is 12.1 Å². The second-order valence-corrected chi connectivity index (χ2v) is 7.62. The number of anilines is 1. The van der Waals surface area contributed by atoms with Crippen LogP contribution in [-0.2, 0) is 16.1 Å². The van der Waals surface area contributed by atoms with Gasteiger partial charge in [0.25, 0.3) is 11.8 Å². The summed E-state index contributed by atoms with van der Waals surface area (Å²) in [4.78, 5) is 32.1. The molecular formula is C25H23N3O2. The first-order valence-electron chi connectivity index (χ1n) is 9.85. The Bertz CT molecular complexity index is 1150. The molecule has 150 valence electrons. The van der Waals surface area contributed by atoms with Gasteiger partial charge in [-0.25, -0.2) is 0 Å². The Labute approximate surface area is 176 Å². The van der Waals surface area contributed by atoms with Crippen LogP contribution in [0.15, 0.2) is 72.7 Å². The quantitative estimate of drug-likeness (QED) is 0.648. The van der Waals surface area contributed by atoms with Gasteiger partial charge in [0.15, 0.2) is 0 Å². The number of aromatic nitrogens is 1. The lowest BCUT2D eigenvalue weighted by atomic mass is 9.97. The van der Waals surface area contributed by atoms with Crippen molar-refractivity contribution in [2.45, 2.75) is 27.3 Å². The van der Waals surface area contributed by atoms with Gasteiger partial charge in [-0.3, -0.25) is 19.5 Å². The highest BCUT2D eigenvalue weighted by Gasteiger charge is 2.39. The number of imide groups is 1. The van der Waals surface area contributed by atoms with Crippen LogP contribution in [0.3, 0.4) is 0 Å². The first-order valence-corrected chi connectivity index (χ1v) is 9.85. The molecule has 0 radical (unpaired) electrons. The topological polar surface area (TPSA) is 62.3 Å². The zero-order valence-electron chi connectivity index (χ0n) is 17.3. The van der Waals surface area contributed by atoms with E-state index in [1.54, 1.807) is 18.5 Å². The molecule has 1 N–H and O–H groups in total. The molecule has 0 spiro atoms. The molecule has 0 aliphatic carbocycles. The highest BCUT2D eigenvalue weighted by atomic mass is 16.2. The van der Waals surface area contributed by atoms with Crippen molar-refractivity contribution in [1.82, 2.24) is 9.88 Å². The summed E-state index contributed by atoms with van der Waals surface area (Å²) in [6, 6.07) is 17.3. The summed E-state index contributed by atoms with van der Waals surface area (Å²) in [6.45, 7) is 6.15. The van der Waals surface area contributed by atoms with E-state index in [0.717, 1.165) is 33.5 Å². The molecule has 1 aromatic heterocycles. The van der Waals surface area contributed by atoms with Gasteiger partial charge < -0.3 is 5.32 Å². The maximum Gasteiger partial charge on any atom is 0.278 e. The van der Waals surface area contributed by atoms with E-state index in [1.165, 1.54) is 4.90 Å². The van der Waals surface area contributed by atoms with E-state index < -0.39 is 0 Å². The normalized spacial score (nSPS) is 13.9. The van der Waals surface area contributed by atoms with E-state index in [0.29, 0.717) is 11.3 Å². The van der Waals surface area contributed by atoms with Gasteiger partial charge >= 0.3 is 0 Å². The molecule has 0 atom stereocenters. The van der Waals surface area contributed by atoms with Crippen LogP contribution < -0.4 is 5.32 Å². The molecule has 0 saturated heterocycles. The smallest absolute Gasteiger partial charge is 0.278 e. The summed E-state index contributed by atoms with van der Waals surface area (Å²) in [6.07, 6.45) is 3.34. The average molecular weight is 397 g/mol. The third kappa shape index (κ3) is 3.74. The highest BCUT2D eigenvalue weighted by molar-refractivity contribution is 6.36. The summed E-state index contributed by atoms with van der Waals surface area (Å²) in [7, 11) is 0. The van der Waals surface area contributed by atoms with Crippen LogP contribution >= 0.6 is 0 Å². The fraction of sp³-hybridized carbons (Fsp3) is 0.160. The number of pyridine rings is 1. The van der Waals surface area contributed by atoms with Crippen molar-refractivity contribution in [3.8, 4) is 0 Å². The number of hydrogen-bond acceptors (Lipinski definition) is 4. The monoisotopic (exact) mass is 397 g/mol. The van der Waals surface area contributed by atoms with Gasteiger partial charge in [-0.15, -0.1) is 0 Å². The van der Waals surface area contributed by atoms with Gasteiger partial charge in [0.1, 0.15) is 5.70 Å². The second kappa shape index (κ2) is 7.95. The number of hydrogen-bond donors (Lipinski definition) is 1. The molecule has 1 aliphatic heterocycles. The summed E-state index contributed by atoms with van der Waals surface area (Å²) in [5, 5.41) is 3.21. The Kier molecular flexibility index (Phi) is 5.19. The lowest BCUT2D eigenvalue weighted by Crippen LogP contribution is -2.32. The number of carbonyl (C=O) groups excluding carboxylic acids is 2. The van der Waals surface area contributed by atoms with Crippen molar-refractivity contribution in [2.24, 2.45) is 0 Å². The molecule has 0 fully saturated rings. The number of rotatable bonds is 5. The summed E-state index contributed by atoms with van der Waals surface area (Å²) in [5.41, 5.74) is 6.23. The summed E-state index contributed by atoms with van der Waals surface area (Å²) in [5.74, 6) is -0.634. The number of carbonyl (C=O) groups is 2. The fourth-order valence-corrected chi connectivity index (χ4v) is 3.64. The number of aryl methyl sites for hydroxylation is 3. The van der Waals surface area contributed by atoms with Crippen molar-refractivity contribution in [3.63, 3.8) is 0 Å². The van der Waals surface area contributed by atoms with Crippen molar-refractivity contribution >= 4 is 23.1 Å². The average Bonchev–Trinajstić information content (AvgIpc) is 2.95. The van der Waals surface area contributed by atoms with Gasteiger partial charge in [-0.05, 0) is 55.7 Å². The Morgan fingerprint density at radius 3 is 2.30 bits per heavy atom. The molecule has 5 nitrogen and oxygen atoms in total. The number of nitrogens with one attached hydrogen (secondary N) is 1. The molecule has 3 aromatic rings. The molecule has 2 aromatic carbocycles. The molecule has 2 heterocycles. The van der Waals surface area contributed by atoms with Gasteiger partial charge in [-0.1, -0.05) is 47.5 Å². The van der Waals surface area contributed by atoms with Gasteiger partial charge in [0.2, 0.25) is 0 Å². The maximum absolute atomic E-state index is 13.4. The standard InChI is InChI=1S/C25H23N3O2/c1-16-6-9-20(10-7-16)27-23-22(21-11-8-17(2)13-18(21)3)24(29)28(25(23)30)15-19-5-4-12-26-14-19/h4-14,27H,15H2,1-3H3. The third-order valence-corrected chi connectivity index (χ3v) is 5.20. The van der Waals surface area contributed by atoms with E-state index in [9.17, 15) is 9.59 Å². The van der Waals surface area contributed by atoms with Crippen LogP contribution in [0.5, 0.6) is 0 Å². The Balaban J connectivity index is 1.78. The molecule has 30 heavy (non-hydrogen) atoms. The van der Waals surface area contributed by atoms with Gasteiger partial charge in [-0.2, -0.15) is 0 Å². The lowest BCUT2D eigenvalue weighted by Gasteiger charge is -2.15. The maximum atomic E-state index is 13.4. The lowest BCUT2D eigenvalue weighted by molar-refractivity contribution is -0.137. The van der Waals surface area contributed by atoms with E-state index >= 15 is 0 Å². The molecule has 4 rings (SSSR count). The first-order chi connectivity index (χ1) is 14.4. The third-order valence-electron chi connectivity index (χ3n) is 5.20. The van der Waals surface area contributed by atoms with Crippen LogP contribution in [0.4, 0.5) is 5.69 Å². The fourth-order valence-electron chi connectivity index (χ4n) is 3.64. The number of amides is 2. The van der Waals surface area contributed by atoms with Gasteiger partial charge in [0, 0.05) is 18.1 Å². The van der Waals surface area contributed by atoms with Crippen molar-refractivity contribution < 1.29 is 9.59 Å². The molecule has 2 amide bonds. The van der Waals surface area contributed by atoms with Crippen molar-refractivity contribution in [2.75, 3.05) is 5.32 Å². The van der Waals surface area contributed by atoms with Crippen molar-refractivity contribution in [1.29, 1.82) is 0 Å². The Morgan fingerprint density at radius 1 is 0.900 bits per heavy atom. The SMILES string of the molecule is Cc1ccc(NC2=C(c3ccc(C)cc3C)C(=O)N(Cc3cccnc3)C2=O)cc1. The molecule has 0 saturated carbocycles. The van der Waals surface area contributed by atoms with Crippen molar-refractivity contribution in [3.05, 3.63) is 101 Å². The number of nitrogens with zero attached hydrogens (tertiary/aromatic N) is 2. The second-order valence-electron chi connectivity index (χ2n) is 7.62. The first kappa shape index (κ1) is 19.6. The molecule has 0 bridgehead atoms. The van der Waals surface area contributed by atoms with Crippen LogP contribution in [0.2, 0.25) is 0 Å². The largest absolute Gasteiger partial charge is 0.350 e. The summed E-state index contributed by atoms with van der Waals surface area (Å²) >= 11 is 0. The van der Waals surface area contributed by atoms with E-state index in [2.05, 4.69) is 10.3 Å². The highest BCUT2D eigenvalue weighted by Crippen LogP contribution is 2.33. The molecule has 0 unspecified atom stereocenters. The molecule has 5 heteroatoms. The summed E-state index contributed by atoms with van der Waals surface area (Å²) < 4.78 is 0. The van der Waals surface area contributed by atoms with Crippen LogP contribution in [0.1, 0.15) is 27.8 Å². The Morgan fingerprint density at radius 2 is 1.63 bits per heavy atom. The van der Waals surface area contributed by atoms with E-state index in [1.807, 2.05) is 69.3 Å². The van der Waals surface area contributed by atoms with Crippen LogP contribution in [-0.4, -0.2) is 21.7 Å². The van der Waals surface area contributed by atoms with E-state index in [4.69, 9.17) is 0 Å². The zero-order valence-corrected chi connectivity index (χ0v) is 17.3. The predicted molar refractivity (Wildman–Crippen MR) is 117 cm³/mol. The van der Waals surface area contributed by atoms with Crippen LogP contribution in [0, 0.1) is 20.8 Å². The van der Waals surface area contributed by atoms with Crippen LogP contribution in [0.25, 0.3) is 5.57 Å².